The third-order valence-electron chi connectivity index (χ3n) is 2.59. The highest BCUT2D eigenvalue weighted by Gasteiger charge is 2.16. The molecule has 0 unspecified atom stereocenters. The van der Waals surface area contributed by atoms with Crippen molar-refractivity contribution < 1.29 is 13.9 Å². The summed E-state index contributed by atoms with van der Waals surface area (Å²) in [4.78, 5) is 15.5. The van der Waals surface area contributed by atoms with Gasteiger partial charge in [0.25, 0.3) is 0 Å². The van der Waals surface area contributed by atoms with Gasteiger partial charge in [0.15, 0.2) is 0 Å². The minimum absolute atomic E-state index is 0.0278. The van der Waals surface area contributed by atoms with Crippen LogP contribution in [0.15, 0.2) is 12.1 Å². The topological polar surface area (TPSA) is 39.2 Å². The smallest absolute Gasteiger partial charge is 0.341 e. The Morgan fingerprint density at radius 1 is 1.39 bits per heavy atom. The third kappa shape index (κ3) is 2.02. The van der Waals surface area contributed by atoms with Gasteiger partial charge in [-0.05, 0) is 19.1 Å². The molecule has 2 rings (SSSR count). The summed E-state index contributed by atoms with van der Waals surface area (Å²) in [5.74, 6) is -1.15. The zero-order valence-electron chi connectivity index (χ0n) is 9.55. The number of benzene rings is 1. The summed E-state index contributed by atoms with van der Waals surface area (Å²) < 4.78 is 18.2. The van der Waals surface area contributed by atoms with E-state index in [1.165, 1.54) is 19.2 Å². The number of methoxy groups -OCH3 is 1. The predicted molar refractivity (Wildman–Crippen MR) is 67.8 cm³/mol. The average molecular weight is 288 g/mol. The molecule has 1 aromatic heterocycles. The van der Waals surface area contributed by atoms with Crippen molar-refractivity contribution in [2.45, 2.75) is 6.92 Å². The van der Waals surface area contributed by atoms with Crippen LogP contribution in [0, 0.1) is 12.7 Å². The number of rotatable bonds is 1. The van der Waals surface area contributed by atoms with E-state index in [1.54, 1.807) is 6.92 Å². The number of aryl methyl sites for hydroxylation is 1. The van der Waals surface area contributed by atoms with Gasteiger partial charge in [0.05, 0.1) is 23.2 Å². The minimum atomic E-state index is -0.604. The molecule has 0 aliphatic heterocycles. The third-order valence-corrected chi connectivity index (χ3v) is 3.15. The second-order valence-corrected chi connectivity index (χ2v) is 4.45. The largest absolute Gasteiger partial charge is 0.465 e. The number of esters is 1. The lowest BCUT2D eigenvalue weighted by Gasteiger charge is -2.08. The van der Waals surface area contributed by atoms with Gasteiger partial charge < -0.3 is 4.74 Å². The normalized spacial score (nSPS) is 10.7. The lowest BCUT2D eigenvalue weighted by atomic mass is 10.1. The van der Waals surface area contributed by atoms with Crippen LogP contribution >= 0.6 is 23.2 Å². The van der Waals surface area contributed by atoms with Gasteiger partial charge >= 0.3 is 5.97 Å². The zero-order valence-corrected chi connectivity index (χ0v) is 11.1. The first-order chi connectivity index (χ1) is 8.45. The van der Waals surface area contributed by atoms with E-state index in [4.69, 9.17) is 23.2 Å². The number of aromatic nitrogens is 1. The Labute approximate surface area is 112 Å². The number of fused-ring (bicyclic) bond motifs is 1. The predicted octanol–water partition coefficient (Wildman–Crippen LogP) is 3.78. The first-order valence-corrected chi connectivity index (χ1v) is 5.74. The molecule has 6 heteroatoms. The Balaban J connectivity index is 2.80. The van der Waals surface area contributed by atoms with Crippen LogP contribution in [0.2, 0.25) is 10.2 Å². The number of hydrogen-bond donors (Lipinski definition) is 0. The Bertz CT molecular complexity index is 658. The van der Waals surface area contributed by atoms with Gasteiger partial charge in [0, 0.05) is 10.9 Å². The molecule has 0 aliphatic rings. The van der Waals surface area contributed by atoms with E-state index in [2.05, 4.69) is 9.72 Å². The Kier molecular flexibility index (Phi) is 3.41. The monoisotopic (exact) mass is 287 g/mol. The van der Waals surface area contributed by atoms with Crippen molar-refractivity contribution >= 4 is 40.1 Å². The van der Waals surface area contributed by atoms with Crippen molar-refractivity contribution in [3.8, 4) is 0 Å². The van der Waals surface area contributed by atoms with Crippen LogP contribution in [0.4, 0.5) is 4.39 Å². The van der Waals surface area contributed by atoms with Gasteiger partial charge in [0.2, 0.25) is 0 Å². The summed E-state index contributed by atoms with van der Waals surface area (Å²) in [6.07, 6.45) is 0. The molecular formula is C12H8Cl2FNO2. The second-order valence-electron chi connectivity index (χ2n) is 3.69. The van der Waals surface area contributed by atoms with Crippen molar-refractivity contribution in [1.29, 1.82) is 0 Å². The number of ether oxygens (including phenoxy) is 1. The minimum Gasteiger partial charge on any atom is -0.465 e. The number of hydrogen-bond acceptors (Lipinski definition) is 3. The molecule has 94 valence electrons. The van der Waals surface area contributed by atoms with Gasteiger partial charge in [-0.2, -0.15) is 0 Å². The molecule has 0 spiro atoms. The molecule has 0 amide bonds. The van der Waals surface area contributed by atoms with Crippen molar-refractivity contribution in [3.05, 3.63) is 39.3 Å². The molecule has 2 aromatic rings. The van der Waals surface area contributed by atoms with Gasteiger partial charge in [-0.25, -0.2) is 14.2 Å². The van der Waals surface area contributed by atoms with Crippen LogP contribution < -0.4 is 0 Å². The van der Waals surface area contributed by atoms with E-state index in [-0.39, 0.29) is 21.3 Å². The quantitative estimate of drug-likeness (QED) is 0.592. The number of carbonyl (C=O) groups excluding carboxylic acids is 1. The van der Waals surface area contributed by atoms with Crippen LogP contribution in [-0.2, 0) is 4.74 Å². The maximum absolute atomic E-state index is 13.6. The van der Waals surface area contributed by atoms with Crippen LogP contribution in [0.5, 0.6) is 0 Å². The zero-order chi connectivity index (χ0) is 13.4. The van der Waals surface area contributed by atoms with Gasteiger partial charge in [-0.15, -0.1) is 0 Å². The molecule has 0 fully saturated rings. The van der Waals surface area contributed by atoms with E-state index in [9.17, 15) is 9.18 Å². The van der Waals surface area contributed by atoms with Crippen molar-refractivity contribution in [2.24, 2.45) is 0 Å². The summed E-state index contributed by atoms with van der Waals surface area (Å²) in [5, 5.41) is 0.475. The number of carbonyl (C=O) groups is 1. The summed E-state index contributed by atoms with van der Waals surface area (Å²) in [6, 6.07) is 2.88. The molecular weight excluding hydrogens is 280 g/mol. The van der Waals surface area contributed by atoms with Crippen LogP contribution in [0.1, 0.15) is 15.9 Å². The first-order valence-electron chi connectivity index (χ1n) is 4.99. The van der Waals surface area contributed by atoms with E-state index in [0.717, 1.165) is 0 Å². The highest BCUT2D eigenvalue weighted by Crippen LogP contribution is 2.29. The molecule has 18 heavy (non-hydrogen) atoms. The Morgan fingerprint density at radius 3 is 2.67 bits per heavy atom. The molecule has 0 saturated heterocycles. The summed E-state index contributed by atoms with van der Waals surface area (Å²) >= 11 is 11.6. The van der Waals surface area contributed by atoms with Crippen molar-refractivity contribution in [1.82, 2.24) is 4.98 Å². The Morgan fingerprint density at radius 2 is 2.06 bits per heavy atom. The molecule has 0 radical (unpaired) electrons. The van der Waals surface area contributed by atoms with Crippen molar-refractivity contribution in [2.75, 3.05) is 7.11 Å². The molecule has 0 atom stereocenters. The Hall–Kier alpha value is -1.39. The van der Waals surface area contributed by atoms with E-state index in [0.29, 0.717) is 10.9 Å². The summed E-state index contributed by atoms with van der Waals surface area (Å²) in [5.41, 5.74) is 0.777. The molecule has 0 aliphatic carbocycles. The standard InChI is InChI=1S/C12H8Cl2FNO2/c1-5-9(15)8(13)4-6-3-7(12(17)18-2)11(14)16-10(5)6/h3-4H,1-2H3. The van der Waals surface area contributed by atoms with Crippen LogP contribution in [0.25, 0.3) is 10.9 Å². The fraction of sp³-hybridized carbons (Fsp3) is 0.167. The molecule has 0 bridgehead atoms. The first kappa shape index (κ1) is 13.1. The average Bonchev–Trinajstić information content (AvgIpc) is 2.36. The fourth-order valence-electron chi connectivity index (χ4n) is 1.65. The number of pyridine rings is 1. The van der Waals surface area contributed by atoms with Crippen LogP contribution in [-0.4, -0.2) is 18.1 Å². The molecule has 1 heterocycles. The fourth-order valence-corrected chi connectivity index (χ4v) is 2.13. The highest BCUT2D eigenvalue weighted by molar-refractivity contribution is 6.33. The van der Waals surface area contributed by atoms with Crippen LogP contribution in [0.3, 0.4) is 0 Å². The molecule has 0 N–H and O–H groups in total. The van der Waals surface area contributed by atoms with Gasteiger partial charge in [-0.1, -0.05) is 23.2 Å². The number of nitrogens with zero attached hydrogens (tertiary/aromatic N) is 1. The SMILES string of the molecule is COC(=O)c1cc2cc(Cl)c(F)c(C)c2nc1Cl. The maximum atomic E-state index is 13.6. The lowest BCUT2D eigenvalue weighted by molar-refractivity contribution is 0.0600. The van der Waals surface area contributed by atoms with E-state index in [1.807, 2.05) is 0 Å². The van der Waals surface area contributed by atoms with E-state index < -0.39 is 11.8 Å². The summed E-state index contributed by atoms with van der Waals surface area (Å²) in [6.45, 7) is 1.55. The summed E-state index contributed by atoms with van der Waals surface area (Å²) in [7, 11) is 1.24. The molecule has 3 nitrogen and oxygen atoms in total. The van der Waals surface area contributed by atoms with Gasteiger partial charge in [0.1, 0.15) is 11.0 Å². The number of halogens is 3. The van der Waals surface area contributed by atoms with Crippen molar-refractivity contribution in [3.63, 3.8) is 0 Å². The molecule has 0 saturated carbocycles. The van der Waals surface area contributed by atoms with E-state index >= 15 is 0 Å². The maximum Gasteiger partial charge on any atom is 0.341 e. The highest BCUT2D eigenvalue weighted by atomic mass is 35.5. The molecule has 1 aromatic carbocycles. The second kappa shape index (κ2) is 4.71. The van der Waals surface area contributed by atoms with Gasteiger partial charge in [-0.3, -0.25) is 0 Å². The lowest BCUT2D eigenvalue weighted by Crippen LogP contribution is -2.04.